The Morgan fingerprint density at radius 1 is 0.941 bits per heavy atom. The van der Waals surface area contributed by atoms with Crippen LogP contribution in [-0.4, -0.2) is 53.7 Å². The van der Waals surface area contributed by atoms with Gasteiger partial charge in [0.2, 0.25) is 5.91 Å². The van der Waals surface area contributed by atoms with Crippen LogP contribution in [-0.2, 0) is 31.9 Å². The Labute approximate surface area is 204 Å². The molecule has 1 heterocycles. The molecule has 1 aromatic rings. The van der Waals surface area contributed by atoms with Gasteiger partial charge in [0.25, 0.3) is 0 Å². The number of ether oxygens (including phenoxy) is 2. The predicted molar refractivity (Wildman–Crippen MR) is 132 cm³/mol. The summed E-state index contributed by atoms with van der Waals surface area (Å²) in [4.78, 5) is 37.9. The van der Waals surface area contributed by atoms with Crippen molar-refractivity contribution in [3.05, 3.63) is 35.4 Å². The van der Waals surface area contributed by atoms with Crippen molar-refractivity contribution in [2.75, 3.05) is 19.6 Å². The number of nitrogens with zero attached hydrogens (tertiary/aromatic N) is 1. The van der Waals surface area contributed by atoms with Crippen molar-refractivity contribution in [1.82, 2.24) is 10.2 Å². The molecule has 7 heteroatoms. The van der Waals surface area contributed by atoms with Gasteiger partial charge in [0.15, 0.2) is 0 Å². The van der Waals surface area contributed by atoms with Crippen LogP contribution < -0.4 is 5.32 Å². The Hall–Kier alpha value is -2.57. The van der Waals surface area contributed by atoms with Crippen molar-refractivity contribution in [3.63, 3.8) is 0 Å². The molecule has 7 nitrogen and oxygen atoms in total. The van der Waals surface area contributed by atoms with Crippen LogP contribution in [0.25, 0.3) is 0 Å². The average Bonchev–Trinajstić information content (AvgIpc) is 2.70. The summed E-state index contributed by atoms with van der Waals surface area (Å²) < 4.78 is 10.7. The first-order valence-corrected chi connectivity index (χ1v) is 12.3. The molecular formula is C27H42N2O5. The first-order valence-electron chi connectivity index (χ1n) is 12.3. The van der Waals surface area contributed by atoms with E-state index in [4.69, 9.17) is 9.47 Å². The van der Waals surface area contributed by atoms with Gasteiger partial charge in [0, 0.05) is 26.1 Å². The van der Waals surface area contributed by atoms with Gasteiger partial charge in [-0.15, -0.1) is 0 Å². The van der Waals surface area contributed by atoms with Gasteiger partial charge in [0.1, 0.15) is 11.2 Å². The fourth-order valence-electron chi connectivity index (χ4n) is 3.93. The second kappa shape index (κ2) is 12.2. The summed E-state index contributed by atoms with van der Waals surface area (Å²) in [5.41, 5.74) is 1.41. The highest BCUT2D eigenvalue weighted by molar-refractivity contribution is 5.77. The quantitative estimate of drug-likeness (QED) is 0.554. The van der Waals surface area contributed by atoms with Gasteiger partial charge >= 0.3 is 12.1 Å². The number of benzene rings is 1. The van der Waals surface area contributed by atoms with Crippen molar-refractivity contribution in [3.8, 4) is 0 Å². The molecule has 1 fully saturated rings. The molecule has 2 amide bonds. The third-order valence-corrected chi connectivity index (χ3v) is 5.49. The third kappa shape index (κ3) is 11.0. The molecule has 0 bridgehead atoms. The standard InChI is InChI=1S/C27H42N2O5/c1-26(2,3)33-24(31)12-15-28-23(30)11-10-20-8-7-9-22(18-20)19-21-13-16-29(17-14-21)25(32)34-27(4,5)6/h7-9,18,21H,10-17,19H2,1-6H3,(H,28,30). The number of amides is 2. The van der Waals surface area contributed by atoms with Crippen LogP contribution in [0.15, 0.2) is 24.3 Å². The number of likely N-dealkylation sites (tertiary alicyclic amines) is 1. The Kier molecular flexibility index (Phi) is 9.95. The van der Waals surface area contributed by atoms with E-state index in [1.165, 1.54) is 5.56 Å². The molecule has 1 aromatic carbocycles. The van der Waals surface area contributed by atoms with Crippen LogP contribution in [0.4, 0.5) is 4.79 Å². The summed E-state index contributed by atoms with van der Waals surface area (Å²) in [5, 5.41) is 2.79. The van der Waals surface area contributed by atoms with E-state index in [9.17, 15) is 14.4 Å². The lowest BCUT2D eigenvalue weighted by Gasteiger charge is -2.33. The SMILES string of the molecule is CC(C)(C)OC(=O)CCNC(=O)CCc1cccc(CC2CCN(C(=O)OC(C)(C)C)CC2)c1. The van der Waals surface area contributed by atoms with Crippen molar-refractivity contribution >= 4 is 18.0 Å². The molecule has 1 N–H and O–H groups in total. The van der Waals surface area contributed by atoms with E-state index in [2.05, 4.69) is 17.4 Å². The Morgan fingerprint density at radius 3 is 2.18 bits per heavy atom. The number of hydrogen-bond donors (Lipinski definition) is 1. The number of aryl methyl sites for hydroxylation is 1. The number of carbonyl (C=O) groups excluding carboxylic acids is 3. The Balaban J connectivity index is 1.71. The molecule has 0 aliphatic carbocycles. The van der Waals surface area contributed by atoms with Crippen molar-refractivity contribution < 1.29 is 23.9 Å². The molecular weight excluding hydrogens is 432 g/mol. The molecule has 0 atom stereocenters. The van der Waals surface area contributed by atoms with Crippen LogP contribution in [0.1, 0.15) is 78.4 Å². The Bertz CT molecular complexity index is 830. The maximum Gasteiger partial charge on any atom is 0.410 e. The van der Waals surface area contributed by atoms with E-state index in [1.807, 2.05) is 53.7 Å². The summed E-state index contributed by atoms with van der Waals surface area (Å²) >= 11 is 0. The molecule has 0 spiro atoms. The highest BCUT2D eigenvalue weighted by Crippen LogP contribution is 2.24. The van der Waals surface area contributed by atoms with Gasteiger partial charge in [-0.3, -0.25) is 9.59 Å². The number of esters is 1. The lowest BCUT2D eigenvalue weighted by atomic mass is 9.89. The maximum absolute atomic E-state index is 12.3. The Morgan fingerprint density at radius 2 is 1.56 bits per heavy atom. The molecule has 0 aromatic heterocycles. The zero-order valence-corrected chi connectivity index (χ0v) is 21.7. The molecule has 0 radical (unpaired) electrons. The van der Waals surface area contributed by atoms with Crippen molar-refractivity contribution in [2.45, 2.75) is 91.3 Å². The van der Waals surface area contributed by atoms with E-state index in [0.717, 1.165) is 37.9 Å². The van der Waals surface area contributed by atoms with Crippen molar-refractivity contribution in [2.24, 2.45) is 5.92 Å². The largest absolute Gasteiger partial charge is 0.460 e. The monoisotopic (exact) mass is 474 g/mol. The van der Waals surface area contributed by atoms with Gasteiger partial charge in [-0.25, -0.2) is 4.79 Å². The minimum absolute atomic E-state index is 0.0662. The molecule has 0 saturated carbocycles. The molecule has 2 rings (SSSR count). The fourth-order valence-corrected chi connectivity index (χ4v) is 3.93. The molecule has 0 unspecified atom stereocenters. The molecule has 34 heavy (non-hydrogen) atoms. The lowest BCUT2D eigenvalue weighted by molar-refractivity contribution is -0.154. The number of nitrogens with one attached hydrogen (secondary N) is 1. The zero-order valence-electron chi connectivity index (χ0n) is 21.7. The maximum atomic E-state index is 12.3. The van der Waals surface area contributed by atoms with E-state index >= 15 is 0 Å². The number of hydrogen-bond acceptors (Lipinski definition) is 5. The highest BCUT2D eigenvalue weighted by Gasteiger charge is 2.27. The van der Waals surface area contributed by atoms with Crippen LogP contribution in [0.3, 0.4) is 0 Å². The van der Waals surface area contributed by atoms with Crippen LogP contribution in [0, 0.1) is 5.92 Å². The first kappa shape index (κ1) is 27.7. The topological polar surface area (TPSA) is 84.9 Å². The number of piperidine rings is 1. The summed E-state index contributed by atoms with van der Waals surface area (Å²) in [6, 6.07) is 8.39. The average molecular weight is 475 g/mol. The minimum atomic E-state index is -0.513. The van der Waals surface area contributed by atoms with E-state index in [-0.39, 0.29) is 30.9 Å². The highest BCUT2D eigenvalue weighted by atomic mass is 16.6. The summed E-state index contributed by atoms with van der Waals surface area (Å²) in [6.45, 7) is 12.9. The van der Waals surface area contributed by atoms with Crippen LogP contribution in [0.5, 0.6) is 0 Å². The van der Waals surface area contributed by atoms with E-state index in [0.29, 0.717) is 18.8 Å². The van der Waals surface area contributed by atoms with Crippen LogP contribution >= 0.6 is 0 Å². The molecule has 190 valence electrons. The molecule has 1 aliphatic rings. The van der Waals surface area contributed by atoms with Gasteiger partial charge in [0.05, 0.1) is 6.42 Å². The van der Waals surface area contributed by atoms with E-state index < -0.39 is 11.2 Å². The lowest BCUT2D eigenvalue weighted by Crippen LogP contribution is -2.42. The van der Waals surface area contributed by atoms with Gasteiger partial charge < -0.3 is 19.7 Å². The predicted octanol–water partition coefficient (Wildman–Crippen LogP) is 4.66. The molecule has 1 saturated heterocycles. The second-order valence-corrected chi connectivity index (χ2v) is 11.1. The normalized spacial score (nSPS) is 15.1. The van der Waals surface area contributed by atoms with Gasteiger partial charge in [-0.1, -0.05) is 24.3 Å². The second-order valence-electron chi connectivity index (χ2n) is 11.1. The summed E-state index contributed by atoms with van der Waals surface area (Å²) in [7, 11) is 0. The summed E-state index contributed by atoms with van der Waals surface area (Å²) in [6.07, 6.45) is 3.88. The fraction of sp³-hybridized carbons (Fsp3) is 0.667. The first-order chi connectivity index (χ1) is 15.8. The minimum Gasteiger partial charge on any atom is -0.460 e. The third-order valence-electron chi connectivity index (χ3n) is 5.49. The van der Waals surface area contributed by atoms with Gasteiger partial charge in [-0.2, -0.15) is 0 Å². The molecule has 1 aliphatic heterocycles. The van der Waals surface area contributed by atoms with Crippen LogP contribution in [0.2, 0.25) is 0 Å². The zero-order chi connectivity index (χ0) is 25.4. The number of rotatable bonds is 8. The van der Waals surface area contributed by atoms with E-state index in [1.54, 1.807) is 4.90 Å². The van der Waals surface area contributed by atoms with Gasteiger partial charge in [-0.05, 0) is 84.3 Å². The smallest absolute Gasteiger partial charge is 0.410 e. The van der Waals surface area contributed by atoms with Crippen molar-refractivity contribution in [1.29, 1.82) is 0 Å². The summed E-state index contributed by atoms with van der Waals surface area (Å²) in [5.74, 6) is 0.158. The number of carbonyl (C=O) groups is 3.